The summed E-state index contributed by atoms with van der Waals surface area (Å²) in [6, 6.07) is 6.89. The molecule has 1 unspecified atom stereocenters. The minimum absolute atomic E-state index is 0.320. The maximum atomic E-state index is 6.50. The Morgan fingerprint density at radius 1 is 1.20 bits per heavy atom. The molecule has 0 aliphatic carbocycles. The summed E-state index contributed by atoms with van der Waals surface area (Å²) in [6.07, 6.45) is 6.47. The van der Waals surface area contributed by atoms with Gasteiger partial charge in [-0.25, -0.2) is 0 Å². The number of hydrogen-bond acceptors (Lipinski definition) is 2. The molecular formula is C17H27ClN2. The molecule has 1 aromatic rings. The zero-order valence-corrected chi connectivity index (χ0v) is 13.5. The molecule has 20 heavy (non-hydrogen) atoms. The molecule has 3 heteroatoms. The number of halogens is 1. The van der Waals surface area contributed by atoms with Gasteiger partial charge in [0.25, 0.3) is 0 Å². The molecule has 0 aromatic heterocycles. The summed E-state index contributed by atoms with van der Waals surface area (Å²) in [5.41, 5.74) is 2.49. The summed E-state index contributed by atoms with van der Waals surface area (Å²) in [6.45, 7) is 7.73. The van der Waals surface area contributed by atoms with Gasteiger partial charge < -0.3 is 10.2 Å². The second-order valence-corrected chi connectivity index (χ2v) is 6.19. The van der Waals surface area contributed by atoms with Crippen LogP contribution < -0.4 is 10.2 Å². The maximum Gasteiger partial charge on any atom is 0.0474 e. The molecule has 1 fully saturated rings. The first kappa shape index (κ1) is 15.7. The van der Waals surface area contributed by atoms with Crippen molar-refractivity contribution < 1.29 is 0 Å². The monoisotopic (exact) mass is 294 g/mol. The van der Waals surface area contributed by atoms with E-state index in [1.54, 1.807) is 0 Å². The standard InChI is InChI=1S/C17H27ClN2/c1-3-10-19-14(2)16-9-8-15(13-17(16)18)20-11-6-4-5-7-12-20/h8-9,13-14,19H,3-7,10-12H2,1-2H3. The molecule has 1 aromatic carbocycles. The van der Waals surface area contributed by atoms with Crippen LogP contribution in [-0.4, -0.2) is 19.6 Å². The molecule has 112 valence electrons. The van der Waals surface area contributed by atoms with Gasteiger partial charge in [0.2, 0.25) is 0 Å². The van der Waals surface area contributed by atoms with Gasteiger partial charge in [0, 0.05) is 29.8 Å². The molecule has 0 bridgehead atoms. The van der Waals surface area contributed by atoms with Gasteiger partial charge in [0.05, 0.1) is 0 Å². The van der Waals surface area contributed by atoms with E-state index in [1.807, 2.05) is 0 Å². The van der Waals surface area contributed by atoms with Gasteiger partial charge in [-0.1, -0.05) is 37.4 Å². The van der Waals surface area contributed by atoms with Crippen LogP contribution in [-0.2, 0) is 0 Å². The van der Waals surface area contributed by atoms with E-state index >= 15 is 0 Å². The molecule has 0 spiro atoms. The number of hydrogen-bond donors (Lipinski definition) is 1. The topological polar surface area (TPSA) is 15.3 Å². The van der Waals surface area contributed by atoms with Crippen LogP contribution in [0.15, 0.2) is 18.2 Å². The largest absolute Gasteiger partial charge is 0.371 e. The van der Waals surface area contributed by atoms with E-state index in [-0.39, 0.29) is 0 Å². The van der Waals surface area contributed by atoms with Gasteiger partial charge in [-0.15, -0.1) is 0 Å². The zero-order chi connectivity index (χ0) is 14.4. The fourth-order valence-electron chi connectivity index (χ4n) is 2.86. The first-order chi connectivity index (χ1) is 9.72. The highest BCUT2D eigenvalue weighted by Crippen LogP contribution is 2.29. The Kier molecular flexibility index (Phi) is 6.18. The van der Waals surface area contributed by atoms with Crippen molar-refractivity contribution in [3.63, 3.8) is 0 Å². The highest BCUT2D eigenvalue weighted by Gasteiger charge is 2.13. The first-order valence-corrected chi connectivity index (χ1v) is 8.38. The smallest absolute Gasteiger partial charge is 0.0474 e. The van der Waals surface area contributed by atoms with Crippen LogP contribution in [0.25, 0.3) is 0 Å². The van der Waals surface area contributed by atoms with Crippen LogP contribution in [0.3, 0.4) is 0 Å². The summed E-state index contributed by atoms with van der Waals surface area (Å²) in [7, 11) is 0. The van der Waals surface area contributed by atoms with Crippen LogP contribution in [0.4, 0.5) is 5.69 Å². The minimum atomic E-state index is 0.320. The molecule has 1 saturated heterocycles. The van der Waals surface area contributed by atoms with Crippen molar-refractivity contribution >= 4 is 17.3 Å². The molecule has 2 nitrogen and oxygen atoms in total. The van der Waals surface area contributed by atoms with Crippen LogP contribution >= 0.6 is 11.6 Å². The summed E-state index contributed by atoms with van der Waals surface area (Å²) >= 11 is 6.50. The van der Waals surface area contributed by atoms with E-state index in [1.165, 1.54) is 50.0 Å². The molecule has 1 atom stereocenters. The van der Waals surface area contributed by atoms with Crippen molar-refractivity contribution in [1.82, 2.24) is 5.32 Å². The molecule has 1 aliphatic heterocycles. The number of anilines is 1. The average molecular weight is 295 g/mol. The third-order valence-electron chi connectivity index (χ3n) is 4.12. The first-order valence-electron chi connectivity index (χ1n) is 8.00. The minimum Gasteiger partial charge on any atom is -0.371 e. The van der Waals surface area contributed by atoms with Crippen LogP contribution in [0.2, 0.25) is 5.02 Å². The van der Waals surface area contributed by atoms with Gasteiger partial charge in [-0.2, -0.15) is 0 Å². The van der Waals surface area contributed by atoms with Crippen LogP contribution in [0.1, 0.15) is 57.6 Å². The predicted molar refractivity (Wildman–Crippen MR) is 88.8 cm³/mol. The van der Waals surface area contributed by atoms with Crippen LogP contribution in [0, 0.1) is 0 Å². The Hall–Kier alpha value is -0.730. The van der Waals surface area contributed by atoms with E-state index in [4.69, 9.17) is 11.6 Å². The number of rotatable bonds is 5. The zero-order valence-electron chi connectivity index (χ0n) is 12.8. The number of nitrogens with one attached hydrogen (secondary N) is 1. The van der Waals surface area contributed by atoms with Gasteiger partial charge in [-0.3, -0.25) is 0 Å². The Labute approximate surface area is 128 Å². The lowest BCUT2D eigenvalue weighted by molar-refractivity contribution is 0.571. The van der Waals surface area contributed by atoms with Crippen LogP contribution in [0.5, 0.6) is 0 Å². The maximum absolute atomic E-state index is 6.50. The van der Waals surface area contributed by atoms with E-state index in [0.29, 0.717) is 6.04 Å². The normalized spacial score (nSPS) is 17.9. The van der Waals surface area contributed by atoms with Gasteiger partial charge in [0.1, 0.15) is 0 Å². The molecule has 0 amide bonds. The van der Waals surface area contributed by atoms with Gasteiger partial charge in [0.15, 0.2) is 0 Å². The molecule has 0 saturated carbocycles. The summed E-state index contributed by atoms with van der Waals surface area (Å²) in [5.74, 6) is 0. The lowest BCUT2D eigenvalue weighted by Crippen LogP contribution is -2.24. The number of benzene rings is 1. The Morgan fingerprint density at radius 3 is 2.50 bits per heavy atom. The summed E-state index contributed by atoms with van der Waals surface area (Å²) < 4.78 is 0. The van der Waals surface area contributed by atoms with E-state index < -0.39 is 0 Å². The SMILES string of the molecule is CCCNC(C)c1ccc(N2CCCCCC2)cc1Cl. The third-order valence-corrected chi connectivity index (χ3v) is 4.45. The van der Waals surface area contributed by atoms with E-state index in [0.717, 1.165) is 18.0 Å². The van der Waals surface area contributed by atoms with Crippen molar-refractivity contribution in [3.05, 3.63) is 28.8 Å². The molecule has 2 rings (SSSR count). The molecule has 1 N–H and O–H groups in total. The highest BCUT2D eigenvalue weighted by atomic mass is 35.5. The lowest BCUT2D eigenvalue weighted by Gasteiger charge is -2.24. The second kappa shape index (κ2) is 7.90. The fraction of sp³-hybridized carbons (Fsp3) is 0.647. The predicted octanol–water partition coefficient (Wildman–Crippen LogP) is 4.78. The Morgan fingerprint density at radius 2 is 1.90 bits per heavy atom. The lowest BCUT2D eigenvalue weighted by atomic mass is 10.1. The summed E-state index contributed by atoms with van der Waals surface area (Å²) in [4.78, 5) is 2.48. The van der Waals surface area contributed by atoms with Crippen molar-refractivity contribution in [3.8, 4) is 0 Å². The molecule has 1 heterocycles. The molecule has 1 aliphatic rings. The Balaban J connectivity index is 2.08. The average Bonchev–Trinajstić information content (AvgIpc) is 2.73. The second-order valence-electron chi connectivity index (χ2n) is 5.78. The molecule has 0 radical (unpaired) electrons. The van der Waals surface area contributed by atoms with Crippen molar-refractivity contribution in [2.75, 3.05) is 24.5 Å². The third kappa shape index (κ3) is 4.13. The van der Waals surface area contributed by atoms with Crippen molar-refractivity contribution in [1.29, 1.82) is 0 Å². The quantitative estimate of drug-likeness (QED) is 0.840. The van der Waals surface area contributed by atoms with Gasteiger partial charge >= 0.3 is 0 Å². The highest BCUT2D eigenvalue weighted by molar-refractivity contribution is 6.31. The van der Waals surface area contributed by atoms with E-state index in [9.17, 15) is 0 Å². The Bertz CT molecular complexity index is 411. The van der Waals surface area contributed by atoms with Gasteiger partial charge in [-0.05, 0) is 50.4 Å². The number of nitrogens with zero attached hydrogens (tertiary/aromatic N) is 1. The van der Waals surface area contributed by atoms with E-state index in [2.05, 4.69) is 42.3 Å². The van der Waals surface area contributed by atoms with Crippen molar-refractivity contribution in [2.45, 2.75) is 52.0 Å². The van der Waals surface area contributed by atoms with Crippen molar-refractivity contribution in [2.24, 2.45) is 0 Å². The fourth-order valence-corrected chi connectivity index (χ4v) is 3.20. The molecular weight excluding hydrogens is 268 g/mol. The summed E-state index contributed by atoms with van der Waals surface area (Å²) in [5, 5.41) is 4.39.